The molecule has 1 fully saturated rings. The number of nitrogens with one attached hydrogen (secondary N) is 1. The second-order valence-electron chi connectivity index (χ2n) is 4.87. The number of phosphoric acid groups is 2. The molecule has 0 amide bonds. The van der Waals surface area contributed by atoms with E-state index in [-0.39, 0.29) is 29.6 Å². The molecule has 1 aromatic heterocycles. The van der Waals surface area contributed by atoms with Gasteiger partial charge in [0.1, 0.15) is 0 Å². The molecule has 5 atom stereocenters. The van der Waals surface area contributed by atoms with Crippen molar-refractivity contribution in [1.82, 2.24) is 9.55 Å². The van der Waals surface area contributed by atoms with Gasteiger partial charge in [-0.1, -0.05) is 6.10 Å². The standard InChI is InChI=1S/C9H13N2O12P2.Na/c12-5-1-2-11(9(15)10-5)8-7(14)6(13)4(22-8)3-21-25(19,20)23-24(16,17)18;/h1-2,4,6-8,14H,3H2,(H,19,20)(H,10,12,15)(H2,16,17,18);/q-1;+1/t4-,6-,7-,8-;/m1./s1. The van der Waals surface area contributed by atoms with E-state index in [1.165, 1.54) is 0 Å². The third-order valence-electron chi connectivity index (χ3n) is 3.05. The Labute approximate surface area is 166 Å². The average molecular weight is 426 g/mol. The van der Waals surface area contributed by atoms with Crippen LogP contribution in [0, 0.1) is 0 Å². The van der Waals surface area contributed by atoms with E-state index in [9.17, 15) is 28.9 Å². The zero-order valence-electron chi connectivity index (χ0n) is 13.1. The minimum atomic E-state index is -5.33. The van der Waals surface area contributed by atoms with Crippen LogP contribution >= 0.6 is 15.6 Å². The third kappa shape index (κ3) is 6.17. The van der Waals surface area contributed by atoms with Gasteiger partial charge in [-0.05, 0) is 0 Å². The van der Waals surface area contributed by atoms with Crippen molar-refractivity contribution in [1.29, 1.82) is 0 Å². The van der Waals surface area contributed by atoms with Gasteiger partial charge in [0.05, 0.1) is 18.8 Å². The van der Waals surface area contributed by atoms with Crippen molar-refractivity contribution in [3.8, 4) is 0 Å². The summed E-state index contributed by atoms with van der Waals surface area (Å²) in [6.45, 7) is -0.965. The second kappa shape index (κ2) is 8.88. The molecule has 2 rings (SSSR count). The predicted octanol–water partition coefficient (Wildman–Crippen LogP) is -6.25. The van der Waals surface area contributed by atoms with E-state index in [0.29, 0.717) is 0 Å². The molecule has 1 saturated heterocycles. The Hall–Kier alpha value is -0.180. The molecular weight excluding hydrogens is 413 g/mol. The first-order chi connectivity index (χ1) is 11.4. The summed E-state index contributed by atoms with van der Waals surface area (Å²) < 4.78 is 35.4. The maximum atomic E-state index is 11.9. The normalized spacial score (nSPS) is 28.3. The number of aliphatic hydroxyl groups excluding tert-OH is 1. The predicted molar refractivity (Wildman–Crippen MR) is 73.9 cm³/mol. The fourth-order valence-corrected chi connectivity index (χ4v) is 3.64. The van der Waals surface area contributed by atoms with E-state index >= 15 is 0 Å². The van der Waals surface area contributed by atoms with Crippen LogP contribution in [0.3, 0.4) is 0 Å². The van der Waals surface area contributed by atoms with E-state index in [0.717, 1.165) is 16.8 Å². The van der Waals surface area contributed by atoms with Crippen LogP contribution in [0.5, 0.6) is 0 Å². The van der Waals surface area contributed by atoms with Crippen molar-refractivity contribution >= 4 is 15.6 Å². The minimum Gasteiger partial charge on any atom is -0.848 e. The molecule has 0 spiro atoms. The van der Waals surface area contributed by atoms with Crippen LogP contribution in [-0.4, -0.2) is 54.3 Å². The Bertz CT molecular complexity index is 834. The fraction of sp³-hybridized carbons (Fsp3) is 0.556. The molecule has 0 aromatic carbocycles. The molecule has 14 nitrogen and oxygen atoms in total. The number of nitrogens with zero attached hydrogens (tertiary/aromatic N) is 1. The van der Waals surface area contributed by atoms with Crippen LogP contribution in [0.25, 0.3) is 0 Å². The SMILES string of the molecule is O=c1ccn([C@@H]2O[C@H](COP(=O)(O)OP(=O)(O)O)[C@@H]([O-])[C@H]2O)c(=O)[nH]1.[Na+]. The van der Waals surface area contributed by atoms with E-state index in [2.05, 4.69) is 8.83 Å². The van der Waals surface area contributed by atoms with Gasteiger partial charge in [-0.3, -0.25) is 18.9 Å². The number of H-pyrrole nitrogens is 1. The first-order valence-electron chi connectivity index (χ1n) is 6.45. The van der Waals surface area contributed by atoms with Crippen LogP contribution in [0.4, 0.5) is 0 Å². The van der Waals surface area contributed by atoms with Gasteiger partial charge in [-0.25, -0.2) is 13.9 Å². The topological polar surface area (TPSA) is 221 Å². The molecule has 1 aromatic rings. The quantitative estimate of drug-likeness (QED) is 0.212. The molecule has 0 aliphatic carbocycles. The number of hydrogen-bond acceptors (Lipinski definition) is 9. The van der Waals surface area contributed by atoms with Gasteiger partial charge in [0, 0.05) is 12.3 Å². The van der Waals surface area contributed by atoms with Crippen molar-refractivity contribution in [2.24, 2.45) is 0 Å². The Balaban J connectivity index is 0.00000338. The largest absolute Gasteiger partial charge is 1.00 e. The van der Waals surface area contributed by atoms with E-state index in [1.807, 2.05) is 4.98 Å². The van der Waals surface area contributed by atoms with Crippen molar-refractivity contribution in [2.45, 2.75) is 24.5 Å². The number of hydrogen-bond donors (Lipinski definition) is 5. The summed E-state index contributed by atoms with van der Waals surface area (Å²) >= 11 is 0. The van der Waals surface area contributed by atoms with Crippen LogP contribution in [0.15, 0.2) is 21.9 Å². The second-order valence-corrected chi connectivity index (χ2v) is 7.70. The Kier molecular flexibility index (Phi) is 8.15. The molecule has 17 heteroatoms. The third-order valence-corrected chi connectivity index (χ3v) is 5.20. The van der Waals surface area contributed by atoms with E-state index in [1.54, 1.807) is 0 Å². The number of ether oxygens (including phenoxy) is 1. The summed E-state index contributed by atoms with van der Waals surface area (Å²) in [6.07, 6.45) is -5.81. The van der Waals surface area contributed by atoms with Gasteiger partial charge >= 0.3 is 50.9 Å². The number of aromatic amines is 1. The van der Waals surface area contributed by atoms with E-state index in [4.69, 9.17) is 19.4 Å². The molecule has 5 N–H and O–H groups in total. The zero-order valence-corrected chi connectivity index (χ0v) is 16.9. The summed E-state index contributed by atoms with van der Waals surface area (Å²) in [4.78, 5) is 50.6. The van der Waals surface area contributed by atoms with E-state index < -0.39 is 58.0 Å². The van der Waals surface area contributed by atoms with Crippen molar-refractivity contribution in [2.75, 3.05) is 6.61 Å². The van der Waals surface area contributed by atoms with Gasteiger partial charge in [-0.2, -0.15) is 4.31 Å². The van der Waals surface area contributed by atoms with Gasteiger partial charge in [0.25, 0.3) is 5.56 Å². The van der Waals surface area contributed by atoms with Crippen molar-refractivity contribution < 1.29 is 77.2 Å². The van der Waals surface area contributed by atoms with Gasteiger partial charge in [0.2, 0.25) is 0 Å². The molecule has 2 heterocycles. The Morgan fingerprint density at radius 1 is 1.31 bits per heavy atom. The smallest absolute Gasteiger partial charge is 0.848 e. The van der Waals surface area contributed by atoms with Crippen LogP contribution in [0.1, 0.15) is 6.23 Å². The summed E-state index contributed by atoms with van der Waals surface area (Å²) in [5.41, 5.74) is -1.69. The van der Waals surface area contributed by atoms with Crippen LogP contribution in [0.2, 0.25) is 0 Å². The molecule has 0 radical (unpaired) electrons. The Morgan fingerprint density at radius 3 is 2.46 bits per heavy atom. The molecule has 0 bridgehead atoms. The van der Waals surface area contributed by atoms with Crippen molar-refractivity contribution in [3.05, 3.63) is 33.1 Å². The summed E-state index contributed by atoms with van der Waals surface area (Å²) in [5.74, 6) is 0. The average Bonchev–Trinajstić information content (AvgIpc) is 2.71. The number of phosphoric ester groups is 1. The Morgan fingerprint density at radius 2 is 1.92 bits per heavy atom. The van der Waals surface area contributed by atoms with Crippen molar-refractivity contribution in [3.63, 3.8) is 0 Å². The van der Waals surface area contributed by atoms with Gasteiger partial charge < -0.3 is 29.6 Å². The summed E-state index contributed by atoms with van der Waals surface area (Å²) in [5, 5.41) is 21.8. The number of aromatic nitrogens is 2. The molecule has 0 saturated carbocycles. The van der Waals surface area contributed by atoms with Crippen LogP contribution < -0.4 is 45.9 Å². The maximum absolute atomic E-state index is 11.9. The maximum Gasteiger partial charge on any atom is 1.00 e. The molecule has 1 aliphatic rings. The molecule has 26 heavy (non-hydrogen) atoms. The molecule has 142 valence electrons. The minimum absolute atomic E-state index is 0. The summed E-state index contributed by atoms with van der Waals surface area (Å²) in [6, 6.07) is 0.941. The monoisotopic (exact) mass is 426 g/mol. The van der Waals surface area contributed by atoms with Gasteiger partial charge in [0.15, 0.2) is 6.23 Å². The summed E-state index contributed by atoms with van der Waals surface area (Å²) in [7, 11) is -10.5. The number of aliphatic hydroxyl groups is 1. The number of rotatable bonds is 6. The molecule has 1 unspecified atom stereocenters. The fourth-order valence-electron chi connectivity index (χ4n) is 2.04. The first kappa shape index (κ1) is 23.9. The van der Waals surface area contributed by atoms with Crippen LogP contribution in [-0.2, 0) is 22.7 Å². The molecular formula is C9H13N2NaO12P2. The van der Waals surface area contributed by atoms with Gasteiger partial charge in [-0.15, -0.1) is 0 Å². The molecule has 1 aliphatic heterocycles. The first-order valence-corrected chi connectivity index (χ1v) is 9.47. The zero-order chi connectivity index (χ0) is 19.0.